The Hall–Kier alpha value is -1.96. The second-order valence-electron chi connectivity index (χ2n) is 4.74. The molecule has 1 aromatic carbocycles. The summed E-state index contributed by atoms with van der Waals surface area (Å²) in [4.78, 5) is 11.7. The Morgan fingerprint density at radius 1 is 1.17 bits per heavy atom. The summed E-state index contributed by atoms with van der Waals surface area (Å²) in [5, 5.41) is 4.87. The first kappa shape index (κ1) is 19.1. The molecular formula is C15H21F3N2O3. The number of carbonyl (C=O) groups is 1. The Labute approximate surface area is 133 Å². The van der Waals surface area contributed by atoms with Gasteiger partial charge in [-0.2, -0.15) is 0 Å². The average Bonchev–Trinajstić information content (AvgIpc) is 2.47. The van der Waals surface area contributed by atoms with Crippen LogP contribution in [0.2, 0.25) is 0 Å². The third-order valence-electron chi connectivity index (χ3n) is 2.75. The predicted octanol–water partition coefficient (Wildman–Crippen LogP) is 3.91. The first-order valence-electron chi connectivity index (χ1n) is 7.39. The zero-order valence-electron chi connectivity index (χ0n) is 12.9. The van der Waals surface area contributed by atoms with E-state index in [-0.39, 0.29) is 5.69 Å². The maximum Gasteiger partial charge on any atom is 0.573 e. The molecule has 0 radical (unpaired) electrons. The lowest BCUT2D eigenvalue weighted by Crippen LogP contribution is -2.30. The SMILES string of the molecule is CCCCOCCCNC(=O)Nc1ccccc1OC(F)(F)F. The van der Waals surface area contributed by atoms with Crippen molar-refractivity contribution in [1.29, 1.82) is 0 Å². The molecule has 1 aromatic rings. The van der Waals surface area contributed by atoms with Crippen LogP contribution in [0, 0.1) is 0 Å². The summed E-state index contributed by atoms with van der Waals surface area (Å²) in [5.41, 5.74) is -0.0541. The van der Waals surface area contributed by atoms with E-state index in [0.717, 1.165) is 18.9 Å². The van der Waals surface area contributed by atoms with Gasteiger partial charge < -0.3 is 20.1 Å². The van der Waals surface area contributed by atoms with Gasteiger partial charge >= 0.3 is 12.4 Å². The summed E-state index contributed by atoms with van der Waals surface area (Å²) < 4.78 is 46.0. The lowest BCUT2D eigenvalue weighted by Gasteiger charge is -2.14. The standard InChI is InChI=1S/C15H21F3N2O3/c1-2-3-10-22-11-6-9-19-14(21)20-12-7-4-5-8-13(12)23-15(16,17)18/h4-5,7-8H,2-3,6,9-11H2,1H3,(H2,19,20,21). The second-order valence-corrected chi connectivity index (χ2v) is 4.74. The summed E-state index contributed by atoms with van der Waals surface area (Å²) in [7, 11) is 0. The third-order valence-corrected chi connectivity index (χ3v) is 2.75. The number of hydrogen-bond acceptors (Lipinski definition) is 3. The van der Waals surface area contributed by atoms with E-state index in [2.05, 4.69) is 22.3 Å². The molecule has 0 atom stereocenters. The number of unbranched alkanes of at least 4 members (excludes halogenated alkanes) is 1. The maximum atomic E-state index is 12.3. The van der Waals surface area contributed by atoms with Crippen LogP contribution < -0.4 is 15.4 Å². The number of nitrogens with one attached hydrogen (secondary N) is 2. The van der Waals surface area contributed by atoms with E-state index in [9.17, 15) is 18.0 Å². The van der Waals surface area contributed by atoms with E-state index in [0.29, 0.717) is 26.2 Å². The summed E-state index contributed by atoms with van der Waals surface area (Å²) >= 11 is 0. The van der Waals surface area contributed by atoms with Crippen molar-refractivity contribution in [2.24, 2.45) is 0 Å². The van der Waals surface area contributed by atoms with Crippen LogP contribution in [0.25, 0.3) is 0 Å². The van der Waals surface area contributed by atoms with Gasteiger partial charge in [0, 0.05) is 19.8 Å². The predicted molar refractivity (Wildman–Crippen MR) is 80.5 cm³/mol. The van der Waals surface area contributed by atoms with Crippen LogP contribution in [0.4, 0.5) is 23.7 Å². The van der Waals surface area contributed by atoms with Crippen molar-refractivity contribution < 1.29 is 27.4 Å². The zero-order chi connectivity index (χ0) is 17.1. The number of carbonyl (C=O) groups excluding carboxylic acids is 1. The molecule has 2 N–H and O–H groups in total. The average molecular weight is 334 g/mol. The van der Waals surface area contributed by atoms with Crippen LogP contribution >= 0.6 is 0 Å². The van der Waals surface area contributed by atoms with Gasteiger partial charge in [-0.1, -0.05) is 25.5 Å². The Balaban J connectivity index is 2.34. The van der Waals surface area contributed by atoms with Crippen molar-refractivity contribution >= 4 is 11.7 Å². The minimum Gasteiger partial charge on any atom is -0.404 e. The fourth-order valence-corrected chi connectivity index (χ4v) is 1.67. The highest BCUT2D eigenvalue weighted by molar-refractivity contribution is 5.90. The number of alkyl halides is 3. The quantitative estimate of drug-likeness (QED) is 0.673. The fourth-order valence-electron chi connectivity index (χ4n) is 1.67. The number of anilines is 1. The van der Waals surface area contributed by atoms with Crippen molar-refractivity contribution in [3.63, 3.8) is 0 Å². The molecule has 130 valence electrons. The molecular weight excluding hydrogens is 313 g/mol. The van der Waals surface area contributed by atoms with Crippen molar-refractivity contribution in [2.75, 3.05) is 25.1 Å². The fraction of sp³-hybridized carbons (Fsp3) is 0.533. The molecule has 8 heteroatoms. The molecule has 0 aliphatic carbocycles. The largest absolute Gasteiger partial charge is 0.573 e. The van der Waals surface area contributed by atoms with Gasteiger partial charge in [-0.05, 0) is 25.0 Å². The van der Waals surface area contributed by atoms with Crippen LogP contribution in [0.15, 0.2) is 24.3 Å². The molecule has 0 aromatic heterocycles. The summed E-state index contributed by atoms with van der Waals surface area (Å²) in [5.74, 6) is -0.460. The van der Waals surface area contributed by atoms with E-state index in [1.165, 1.54) is 18.2 Å². The van der Waals surface area contributed by atoms with E-state index in [1.807, 2.05) is 0 Å². The third kappa shape index (κ3) is 8.92. The number of hydrogen-bond donors (Lipinski definition) is 2. The number of halogens is 3. The minimum absolute atomic E-state index is 0.0541. The van der Waals surface area contributed by atoms with E-state index < -0.39 is 18.1 Å². The van der Waals surface area contributed by atoms with Crippen LogP contribution in [-0.2, 0) is 4.74 Å². The normalized spacial score (nSPS) is 11.1. The highest BCUT2D eigenvalue weighted by Crippen LogP contribution is 2.29. The molecule has 0 aliphatic rings. The minimum atomic E-state index is -4.82. The summed E-state index contributed by atoms with van der Waals surface area (Å²) in [6, 6.07) is 4.74. The van der Waals surface area contributed by atoms with Crippen LogP contribution in [0.1, 0.15) is 26.2 Å². The molecule has 0 spiro atoms. The molecule has 0 aliphatic heterocycles. The Morgan fingerprint density at radius 2 is 1.87 bits per heavy atom. The number of benzene rings is 1. The monoisotopic (exact) mass is 334 g/mol. The van der Waals surface area contributed by atoms with E-state index in [4.69, 9.17) is 4.74 Å². The molecule has 5 nitrogen and oxygen atoms in total. The number of rotatable bonds is 9. The Kier molecular flexibility index (Phi) is 8.25. The van der Waals surface area contributed by atoms with Gasteiger partial charge in [0.05, 0.1) is 5.69 Å². The highest BCUT2D eigenvalue weighted by atomic mass is 19.4. The first-order chi connectivity index (χ1) is 10.9. The molecule has 23 heavy (non-hydrogen) atoms. The molecule has 0 heterocycles. The smallest absolute Gasteiger partial charge is 0.404 e. The molecule has 1 rings (SSSR count). The number of amides is 2. The number of ether oxygens (including phenoxy) is 2. The van der Waals surface area contributed by atoms with Gasteiger partial charge in [-0.3, -0.25) is 0 Å². The summed E-state index contributed by atoms with van der Waals surface area (Å²) in [6.07, 6.45) is -2.15. The Morgan fingerprint density at radius 3 is 2.57 bits per heavy atom. The van der Waals surface area contributed by atoms with Gasteiger partial charge in [0.2, 0.25) is 0 Å². The van der Waals surface area contributed by atoms with Gasteiger partial charge in [-0.15, -0.1) is 13.2 Å². The van der Waals surface area contributed by atoms with Gasteiger partial charge in [0.15, 0.2) is 5.75 Å². The van der Waals surface area contributed by atoms with Gasteiger partial charge in [0.25, 0.3) is 0 Å². The number of urea groups is 1. The molecule has 0 saturated heterocycles. The maximum absolute atomic E-state index is 12.3. The lowest BCUT2D eigenvalue weighted by molar-refractivity contribution is -0.274. The van der Waals surface area contributed by atoms with Crippen molar-refractivity contribution in [3.8, 4) is 5.75 Å². The second kappa shape index (κ2) is 9.94. The van der Waals surface area contributed by atoms with Crippen molar-refractivity contribution in [2.45, 2.75) is 32.5 Å². The van der Waals surface area contributed by atoms with Crippen LogP contribution in [-0.4, -0.2) is 32.2 Å². The molecule has 0 fully saturated rings. The van der Waals surface area contributed by atoms with Crippen LogP contribution in [0.5, 0.6) is 5.75 Å². The molecule has 0 unspecified atom stereocenters. The highest BCUT2D eigenvalue weighted by Gasteiger charge is 2.32. The zero-order valence-corrected chi connectivity index (χ0v) is 12.9. The topological polar surface area (TPSA) is 59.6 Å². The van der Waals surface area contributed by atoms with Crippen molar-refractivity contribution in [1.82, 2.24) is 5.32 Å². The van der Waals surface area contributed by atoms with Crippen LogP contribution in [0.3, 0.4) is 0 Å². The molecule has 0 saturated carbocycles. The first-order valence-corrected chi connectivity index (χ1v) is 7.39. The van der Waals surface area contributed by atoms with E-state index in [1.54, 1.807) is 0 Å². The lowest BCUT2D eigenvalue weighted by atomic mass is 10.3. The molecule has 0 bridgehead atoms. The summed E-state index contributed by atoms with van der Waals surface area (Å²) in [6.45, 7) is 3.63. The molecule has 2 amide bonds. The van der Waals surface area contributed by atoms with Gasteiger partial charge in [-0.25, -0.2) is 4.79 Å². The van der Waals surface area contributed by atoms with Crippen molar-refractivity contribution in [3.05, 3.63) is 24.3 Å². The van der Waals surface area contributed by atoms with E-state index >= 15 is 0 Å². The number of para-hydroxylation sites is 2. The Bertz CT molecular complexity index is 481. The van der Waals surface area contributed by atoms with Gasteiger partial charge in [0.1, 0.15) is 0 Å².